The second-order valence-electron chi connectivity index (χ2n) is 19.4. The molecule has 0 spiro atoms. The van der Waals surface area contributed by atoms with Crippen LogP contribution in [0.4, 0.5) is 34.1 Å². The SMILES string of the molecule is Brc1ccc(N(c2ccc(Br)cc2)c2ccc(-c3ccccc3)cc2)cc1.OB(O)c1cc2ccccc2s1.c1ccc(-c2ccc(N(c3ccc(-c4cc5ccccc5s4)cc3)c3ccc(-c4cc5ccccc5s4)cc3)cc2)cc1. The van der Waals surface area contributed by atoms with Crippen LogP contribution >= 0.6 is 65.9 Å². The van der Waals surface area contributed by atoms with Crippen LogP contribution in [0.25, 0.3) is 73.4 Å². The molecule has 3 aromatic heterocycles. The number of halogens is 2. The minimum Gasteiger partial charge on any atom is -0.423 e. The fourth-order valence-corrected chi connectivity index (χ4v) is 13.5. The quantitative estimate of drug-likeness (QED) is 0.127. The monoisotopic (exact) mass is 1240 g/mol. The molecule has 82 heavy (non-hydrogen) atoms. The van der Waals surface area contributed by atoms with Gasteiger partial charge in [-0.15, -0.1) is 34.0 Å². The van der Waals surface area contributed by atoms with Gasteiger partial charge in [-0.05, 0) is 183 Å². The van der Waals surface area contributed by atoms with E-state index in [1.54, 1.807) is 6.07 Å². The summed E-state index contributed by atoms with van der Waals surface area (Å²) in [5, 5.41) is 21.4. The molecule has 11 aromatic carbocycles. The van der Waals surface area contributed by atoms with E-state index >= 15 is 0 Å². The fraction of sp³-hybridized carbons (Fsp3) is 0. The molecule has 4 nitrogen and oxygen atoms in total. The first-order valence-corrected chi connectivity index (χ1v) is 30.7. The van der Waals surface area contributed by atoms with E-state index in [9.17, 15) is 0 Å². The Labute approximate surface area is 507 Å². The van der Waals surface area contributed by atoms with E-state index in [4.69, 9.17) is 10.0 Å². The first kappa shape index (κ1) is 54.4. The predicted molar refractivity (Wildman–Crippen MR) is 362 cm³/mol. The van der Waals surface area contributed by atoms with Gasteiger partial charge in [0.15, 0.2) is 0 Å². The largest absolute Gasteiger partial charge is 0.499 e. The highest BCUT2D eigenvalue weighted by molar-refractivity contribution is 9.10. The first-order chi connectivity index (χ1) is 40.3. The molecule has 14 rings (SSSR count). The molecule has 0 bridgehead atoms. The van der Waals surface area contributed by atoms with Crippen LogP contribution in [0.5, 0.6) is 0 Å². The summed E-state index contributed by atoms with van der Waals surface area (Å²) in [5.74, 6) is 0. The Hall–Kier alpha value is -8.16. The highest BCUT2D eigenvalue weighted by Gasteiger charge is 2.17. The third-order valence-electron chi connectivity index (χ3n) is 14.0. The third-order valence-corrected chi connectivity index (χ3v) is 18.5. The van der Waals surface area contributed by atoms with Gasteiger partial charge in [-0.1, -0.05) is 196 Å². The molecule has 0 unspecified atom stereocenters. The topological polar surface area (TPSA) is 46.9 Å². The van der Waals surface area contributed by atoms with Crippen molar-refractivity contribution < 1.29 is 10.0 Å². The molecule has 0 aliphatic carbocycles. The number of benzene rings is 11. The zero-order valence-electron chi connectivity index (χ0n) is 44.1. The maximum absolute atomic E-state index is 8.89. The maximum atomic E-state index is 8.89. The molecule has 0 fully saturated rings. The number of anilines is 6. The van der Waals surface area contributed by atoms with Crippen molar-refractivity contribution in [3.8, 4) is 43.1 Å². The summed E-state index contributed by atoms with van der Waals surface area (Å²) in [5.41, 5.74) is 14.1. The zero-order chi connectivity index (χ0) is 55.8. The Bertz CT molecular complexity index is 4100. The van der Waals surface area contributed by atoms with Gasteiger partial charge in [0.2, 0.25) is 0 Å². The Morgan fingerprint density at radius 2 is 0.537 bits per heavy atom. The number of rotatable bonds is 11. The summed E-state index contributed by atoms with van der Waals surface area (Å²) >= 11 is 12.2. The summed E-state index contributed by atoms with van der Waals surface area (Å²) < 4.78 is 6.46. The highest BCUT2D eigenvalue weighted by atomic mass is 79.9. The van der Waals surface area contributed by atoms with Gasteiger partial charge in [-0.25, -0.2) is 0 Å². The number of hydrogen-bond donors (Lipinski definition) is 2. The lowest BCUT2D eigenvalue weighted by atomic mass is 9.89. The standard InChI is InChI=1S/C40H27NS2.C24H17Br2N.C8H7BO2S/c1-2-8-28(9-3-1)29-14-20-34(21-15-29)41(35-22-16-30(17-23-35)39-26-32-10-4-6-12-37(32)42-39)36-24-18-31(19-25-36)40-27-33-11-5-7-13-38(33)43-40;25-20-8-14-23(15-9-20)27(24-16-10-21(26)11-17-24)22-12-6-19(7-13-22)18-4-2-1-3-5-18;10-9(11)8-5-6-3-1-2-4-7(6)12-8/h1-27H;1-17H;1-5,10-11H. The summed E-state index contributed by atoms with van der Waals surface area (Å²) in [4.78, 5) is 7.18. The smallest absolute Gasteiger partial charge is 0.423 e. The molecule has 0 saturated carbocycles. The number of hydrogen-bond acceptors (Lipinski definition) is 7. The van der Waals surface area contributed by atoms with Crippen LogP contribution in [0.2, 0.25) is 0 Å². The van der Waals surface area contributed by atoms with Crippen LogP contribution in [-0.2, 0) is 0 Å². The molecular formula is C72H51BBr2N2O2S3. The van der Waals surface area contributed by atoms with E-state index in [0.717, 1.165) is 53.2 Å². The molecule has 0 amide bonds. The van der Waals surface area contributed by atoms with Crippen LogP contribution in [0.15, 0.2) is 306 Å². The highest BCUT2D eigenvalue weighted by Crippen LogP contribution is 2.42. The normalized spacial score (nSPS) is 10.9. The Balaban J connectivity index is 0.000000144. The lowest BCUT2D eigenvalue weighted by Crippen LogP contribution is -2.26. The van der Waals surface area contributed by atoms with E-state index in [-0.39, 0.29) is 0 Å². The summed E-state index contributed by atoms with van der Waals surface area (Å²) in [6.07, 6.45) is 0. The molecule has 0 radical (unpaired) electrons. The molecule has 0 aliphatic rings. The Morgan fingerprint density at radius 3 is 0.854 bits per heavy atom. The van der Waals surface area contributed by atoms with Crippen molar-refractivity contribution in [3.05, 3.63) is 306 Å². The molecule has 0 saturated heterocycles. The Kier molecular flexibility index (Phi) is 16.8. The van der Waals surface area contributed by atoms with Gasteiger partial charge in [0, 0.05) is 71.7 Å². The van der Waals surface area contributed by atoms with Gasteiger partial charge in [0.1, 0.15) is 0 Å². The summed E-state index contributed by atoms with van der Waals surface area (Å²) in [7, 11) is -1.35. The van der Waals surface area contributed by atoms with Crippen molar-refractivity contribution in [1.82, 2.24) is 0 Å². The van der Waals surface area contributed by atoms with Crippen LogP contribution in [0, 0.1) is 0 Å². The molecule has 14 aromatic rings. The van der Waals surface area contributed by atoms with E-state index < -0.39 is 7.12 Å². The first-order valence-electron chi connectivity index (χ1n) is 26.7. The van der Waals surface area contributed by atoms with Crippen LogP contribution in [0.1, 0.15) is 0 Å². The lowest BCUT2D eigenvalue weighted by Gasteiger charge is -2.26. The van der Waals surface area contributed by atoms with Crippen molar-refractivity contribution in [2.75, 3.05) is 9.80 Å². The van der Waals surface area contributed by atoms with E-state index in [1.807, 2.05) is 53.0 Å². The second-order valence-corrected chi connectivity index (χ2v) is 24.5. The second kappa shape index (κ2) is 25.3. The molecule has 2 N–H and O–H groups in total. The number of nitrogens with zero attached hydrogens (tertiary/aromatic N) is 2. The van der Waals surface area contributed by atoms with Gasteiger partial charge in [0.05, 0.1) is 0 Å². The average molecular weight is 1240 g/mol. The van der Waals surface area contributed by atoms with E-state index in [1.165, 1.54) is 74.6 Å². The summed E-state index contributed by atoms with van der Waals surface area (Å²) in [6, 6.07) is 105. The molecular weight excluding hydrogens is 1190 g/mol. The van der Waals surface area contributed by atoms with Gasteiger partial charge in [0.25, 0.3) is 0 Å². The van der Waals surface area contributed by atoms with E-state index in [2.05, 4.69) is 303 Å². The van der Waals surface area contributed by atoms with Gasteiger partial charge < -0.3 is 19.8 Å². The minimum absolute atomic E-state index is 0.594. The van der Waals surface area contributed by atoms with Crippen molar-refractivity contribution in [2.45, 2.75) is 0 Å². The zero-order valence-corrected chi connectivity index (χ0v) is 49.8. The number of fused-ring (bicyclic) bond motifs is 3. The van der Waals surface area contributed by atoms with Gasteiger partial charge in [-0.3, -0.25) is 0 Å². The molecule has 10 heteroatoms. The Morgan fingerprint density at radius 1 is 0.268 bits per heavy atom. The third kappa shape index (κ3) is 12.6. The predicted octanol–water partition coefficient (Wildman–Crippen LogP) is 21.5. The lowest BCUT2D eigenvalue weighted by molar-refractivity contribution is 0.427. The van der Waals surface area contributed by atoms with Gasteiger partial charge >= 0.3 is 7.12 Å². The van der Waals surface area contributed by atoms with Crippen molar-refractivity contribution in [1.29, 1.82) is 0 Å². The average Bonchev–Trinajstić information content (AvgIpc) is 4.34. The molecule has 0 atom stereocenters. The molecule has 396 valence electrons. The minimum atomic E-state index is -1.35. The summed E-state index contributed by atoms with van der Waals surface area (Å²) in [6.45, 7) is 0. The van der Waals surface area contributed by atoms with Crippen molar-refractivity contribution in [3.63, 3.8) is 0 Å². The van der Waals surface area contributed by atoms with Crippen molar-refractivity contribution >= 4 is 142 Å². The van der Waals surface area contributed by atoms with Crippen LogP contribution in [0.3, 0.4) is 0 Å². The fourth-order valence-electron chi connectivity index (χ4n) is 9.87. The maximum Gasteiger partial charge on any atom is 0.499 e. The van der Waals surface area contributed by atoms with Crippen molar-refractivity contribution in [2.24, 2.45) is 0 Å². The molecule has 0 aliphatic heterocycles. The van der Waals surface area contributed by atoms with Gasteiger partial charge in [-0.2, -0.15) is 0 Å². The van der Waals surface area contributed by atoms with Crippen LogP contribution in [-0.4, -0.2) is 17.2 Å². The van der Waals surface area contributed by atoms with Crippen LogP contribution < -0.4 is 14.6 Å². The number of thiophene rings is 3. The van der Waals surface area contributed by atoms with E-state index in [0.29, 0.717) is 4.78 Å². The molecule has 3 heterocycles.